The monoisotopic (exact) mass is 446 g/mol. The van der Waals surface area contributed by atoms with E-state index >= 15 is 0 Å². The predicted octanol–water partition coefficient (Wildman–Crippen LogP) is 3.19. The second-order valence-electron chi connectivity index (χ2n) is 9.30. The first-order valence-corrected chi connectivity index (χ1v) is 11.8. The minimum Gasteiger partial charge on any atom is -0.444 e. The highest BCUT2D eigenvalue weighted by Gasteiger charge is 2.38. The van der Waals surface area contributed by atoms with Crippen LogP contribution in [0.5, 0.6) is 0 Å². The second kappa shape index (κ2) is 15.0. The summed E-state index contributed by atoms with van der Waals surface area (Å²) in [7, 11) is 0. The van der Waals surface area contributed by atoms with Crippen LogP contribution in [0.2, 0.25) is 0 Å². The van der Waals surface area contributed by atoms with Gasteiger partial charge in [0.25, 0.3) is 0 Å². The standard InChI is InChI=1S/C23H46N2O6/c1-8-20-18(3)17(2)19(4)21(30-20)29-14-10-24-9-12-27-15-16-28-13-11-25-22(26)31-23(5,6)7/h17-21,24H,8-16H2,1-7H3,(H,25,26). The van der Waals surface area contributed by atoms with Crippen molar-refractivity contribution >= 4 is 6.09 Å². The van der Waals surface area contributed by atoms with Crippen LogP contribution in [0, 0.1) is 17.8 Å². The van der Waals surface area contributed by atoms with E-state index < -0.39 is 11.7 Å². The highest BCUT2D eigenvalue weighted by atomic mass is 16.7. The SMILES string of the molecule is CCC1OC(OCCNCCOCCOCCNC(=O)OC(C)(C)C)C(C)C(C)C1C. The molecule has 1 amide bonds. The molecular formula is C23H46N2O6. The van der Waals surface area contributed by atoms with Gasteiger partial charge >= 0.3 is 6.09 Å². The van der Waals surface area contributed by atoms with Crippen LogP contribution in [0.1, 0.15) is 54.9 Å². The van der Waals surface area contributed by atoms with Gasteiger partial charge in [-0.2, -0.15) is 0 Å². The first-order chi connectivity index (χ1) is 14.7. The zero-order valence-corrected chi connectivity index (χ0v) is 20.7. The van der Waals surface area contributed by atoms with E-state index in [1.54, 1.807) is 0 Å². The number of ether oxygens (including phenoxy) is 5. The van der Waals surface area contributed by atoms with E-state index in [4.69, 9.17) is 23.7 Å². The molecule has 5 atom stereocenters. The number of hydrogen-bond acceptors (Lipinski definition) is 7. The van der Waals surface area contributed by atoms with Crippen molar-refractivity contribution in [2.45, 2.75) is 72.9 Å². The smallest absolute Gasteiger partial charge is 0.407 e. The Balaban J connectivity index is 1.92. The number of amides is 1. The van der Waals surface area contributed by atoms with Gasteiger partial charge < -0.3 is 34.3 Å². The number of nitrogens with one attached hydrogen (secondary N) is 2. The Labute approximate surface area is 189 Å². The maximum Gasteiger partial charge on any atom is 0.407 e. The lowest BCUT2D eigenvalue weighted by Gasteiger charge is -2.43. The molecule has 0 aromatic carbocycles. The zero-order valence-electron chi connectivity index (χ0n) is 20.7. The molecule has 8 heteroatoms. The molecular weight excluding hydrogens is 400 g/mol. The van der Waals surface area contributed by atoms with E-state index in [-0.39, 0.29) is 12.4 Å². The molecule has 1 fully saturated rings. The number of carbonyl (C=O) groups excluding carboxylic acids is 1. The van der Waals surface area contributed by atoms with Crippen molar-refractivity contribution in [3.63, 3.8) is 0 Å². The van der Waals surface area contributed by atoms with Gasteiger partial charge in [-0.3, -0.25) is 0 Å². The molecule has 0 bridgehead atoms. The summed E-state index contributed by atoms with van der Waals surface area (Å²) in [4.78, 5) is 11.5. The van der Waals surface area contributed by atoms with Crippen molar-refractivity contribution in [3.8, 4) is 0 Å². The van der Waals surface area contributed by atoms with Crippen LogP contribution < -0.4 is 10.6 Å². The van der Waals surface area contributed by atoms with Gasteiger partial charge in [0.15, 0.2) is 6.29 Å². The molecule has 1 rings (SSSR count). The van der Waals surface area contributed by atoms with E-state index in [0.717, 1.165) is 19.5 Å². The number of alkyl carbamates (subject to hydrolysis) is 1. The predicted molar refractivity (Wildman–Crippen MR) is 121 cm³/mol. The molecule has 1 heterocycles. The summed E-state index contributed by atoms with van der Waals surface area (Å²) < 4.78 is 28.2. The molecule has 0 aliphatic carbocycles. The van der Waals surface area contributed by atoms with E-state index in [9.17, 15) is 4.79 Å². The molecule has 184 valence electrons. The van der Waals surface area contributed by atoms with E-state index in [2.05, 4.69) is 38.3 Å². The molecule has 0 aromatic heterocycles. The topological polar surface area (TPSA) is 87.3 Å². The van der Waals surface area contributed by atoms with Crippen molar-refractivity contribution < 1.29 is 28.5 Å². The molecule has 2 N–H and O–H groups in total. The average Bonchev–Trinajstić information content (AvgIpc) is 2.69. The van der Waals surface area contributed by atoms with Gasteiger partial charge in [0.2, 0.25) is 0 Å². The maximum absolute atomic E-state index is 11.5. The minimum atomic E-state index is -0.490. The van der Waals surface area contributed by atoms with Gasteiger partial charge in [0, 0.05) is 25.6 Å². The third-order valence-corrected chi connectivity index (χ3v) is 5.66. The molecule has 0 aromatic rings. The molecule has 1 aliphatic heterocycles. The fourth-order valence-corrected chi connectivity index (χ4v) is 3.52. The first kappa shape index (κ1) is 28.1. The molecule has 5 unspecified atom stereocenters. The van der Waals surface area contributed by atoms with Crippen LogP contribution in [0.25, 0.3) is 0 Å². The summed E-state index contributed by atoms with van der Waals surface area (Å²) in [5.74, 6) is 1.57. The Kier molecular flexibility index (Phi) is 13.6. The summed E-state index contributed by atoms with van der Waals surface area (Å²) in [5.41, 5.74) is -0.490. The Hall–Kier alpha value is -0.930. The highest BCUT2D eigenvalue weighted by molar-refractivity contribution is 5.67. The third kappa shape index (κ3) is 12.0. The van der Waals surface area contributed by atoms with E-state index in [1.165, 1.54) is 0 Å². The molecule has 1 saturated heterocycles. The van der Waals surface area contributed by atoms with Gasteiger partial charge in [0.05, 0.1) is 39.1 Å². The van der Waals surface area contributed by atoms with Crippen LogP contribution in [0.4, 0.5) is 4.79 Å². The number of hydrogen-bond donors (Lipinski definition) is 2. The fraction of sp³-hybridized carbons (Fsp3) is 0.957. The first-order valence-electron chi connectivity index (χ1n) is 11.8. The van der Waals surface area contributed by atoms with Crippen LogP contribution in [-0.2, 0) is 23.7 Å². The lowest BCUT2D eigenvalue weighted by atomic mass is 9.78. The lowest BCUT2D eigenvalue weighted by molar-refractivity contribution is -0.247. The van der Waals surface area contributed by atoms with E-state index in [0.29, 0.717) is 57.3 Å². The van der Waals surface area contributed by atoms with Crippen LogP contribution in [0.15, 0.2) is 0 Å². The van der Waals surface area contributed by atoms with Crippen LogP contribution in [0.3, 0.4) is 0 Å². The molecule has 8 nitrogen and oxygen atoms in total. The van der Waals surface area contributed by atoms with E-state index in [1.807, 2.05) is 20.8 Å². The molecule has 1 aliphatic rings. The van der Waals surface area contributed by atoms with Crippen LogP contribution >= 0.6 is 0 Å². The maximum atomic E-state index is 11.5. The molecule has 0 saturated carbocycles. The highest BCUT2D eigenvalue weighted by Crippen LogP contribution is 2.36. The molecule has 31 heavy (non-hydrogen) atoms. The summed E-state index contributed by atoms with van der Waals surface area (Å²) in [6.07, 6.45) is 0.766. The molecule has 0 radical (unpaired) electrons. The summed E-state index contributed by atoms with van der Waals surface area (Å²) in [6, 6.07) is 0. The fourth-order valence-electron chi connectivity index (χ4n) is 3.52. The van der Waals surface area contributed by atoms with Gasteiger partial charge in [-0.1, -0.05) is 27.7 Å². The Morgan fingerprint density at radius 1 is 0.871 bits per heavy atom. The minimum absolute atomic E-state index is 0.115. The van der Waals surface area contributed by atoms with Gasteiger partial charge in [-0.05, 0) is 39.0 Å². The van der Waals surface area contributed by atoms with Crippen LogP contribution in [-0.4, -0.2) is 76.8 Å². The number of rotatable bonds is 14. The lowest BCUT2D eigenvalue weighted by Crippen LogP contribution is -2.46. The van der Waals surface area contributed by atoms with Crippen molar-refractivity contribution in [3.05, 3.63) is 0 Å². The quantitative estimate of drug-likeness (QED) is 0.396. The van der Waals surface area contributed by atoms with Crippen molar-refractivity contribution in [2.24, 2.45) is 17.8 Å². The van der Waals surface area contributed by atoms with Crippen molar-refractivity contribution in [2.75, 3.05) is 52.7 Å². The largest absolute Gasteiger partial charge is 0.444 e. The summed E-state index contributed by atoms with van der Waals surface area (Å²) in [6.45, 7) is 19.1. The summed E-state index contributed by atoms with van der Waals surface area (Å²) in [5, 5.41) is 5.97. The van der Waals surface area contributed by atoms with Gasteiger partial charge in [0.1, 0.15) is 5.60 Å². The average molecular weight is 447 g/mol. The normalized spacial score (nSPS) is 26.6. The third-order valence-electron chi connectivity index (χ3n) is 5.66. The van der Waals surface area contributed by atoms with Gasteiger partial charge in [-0.25, -0.2) is 4.79 Å². The van der Waals surface area contributed by atoms with Gasteiger partial charge in [-0.15, -0.1) is 0 Å². The Bertz CT molecular complexity index is 483. The summed E-state index contributed by atoms with van der Waals surface area (Å²) >= 11 is 0. The Morgan fingerprint density at radius 2 is 1.48 bits per heavy atom. The number of carbonyl (C=O) groups is 1. The van der Waals surface area contributed by atoms with Crippen molar-refractivity contribution in [1.82, 2.24) is 10.6 Å². The molecule has 0 spiro atoms. The Morgan fingerprint density at radius 3 is 2.10 bits per heavy atom. The van der Waals surface area contributed by atoms with Crippen molar-refractivity contribution in [1.29, 1.82) is 0 Å². The zero-order chi connectivity index (χ0) is 23.3. The second-order valence-corrected chi connectivity index (χ2v) is 9.30.